The third kappa shape index (κ3) is 3.56. The molecule has 2 heterocycles. The van der Waals surface area contributed by atoms with Crippen LogP contribution in [0, 0.1) is 0 Å². The Hall–Kier alpha value is -0.840. The largest absolute Gasteiger partial charge is 0.444 e. The number of hydrogen-bond acceptors (Lipinski definition) is 4. The van der Waals surface area contributed by atoms with E-state index in [-0.39, 0.29) is 5.54 Å². The minimum atomic E-state index is 0.0748. The molecular formula is C12H15ClN2OS. The van der Waals surface area contributed by atoms with Crippen molar-refractivity contribution in [1.82, 2.24) is 10.3 Å². The molecule has 2 aromatic rings. The Bertz CT molecular complexity index is 499. The molecule has 0 amide bonds. The van der Waals surface area contributed by atoms with Crippen molar-refractivity contribution in [3.63, 3.8) is 0 Å². The summed E-state index contributed by atoms with van der Waals surface area (Å²) in [4.78, 5) is 5.38. The molecule has 0 aliphatic heterocycles. The monoisotopic (exact) mass is 270 g/mol. The lowest BCUT2D eigenvalue weighted by atomic mass is 10.1. The van der Waals surface area contributed by atoms with Crippen molar-refractivity contribution in [3.05, 3.63) is 28.4 Å². The van der Waals surface area contributed by atoms with Crippen molar-refractivity contribution in [2.45, 2.75) is 32.9 Å². The highest BCUT2D eigenvalue weighted by Crippen LogP contribution is 2.30. The van der Waals surface area contributed by atoms with Crippen LogP contribution in [0.2, 0.25) is 4.34 Å². The molecule has 0 saturated carbocycles. The van der Waals surface area contributed by atoms with E-state index >= 15 is 0 Å². The van der Waals surface area contributed by atoms with E-state index in [4.69, 9.17) is 16.0 Å². The van der Waals surface area contributed by atoms with Crippen LogP contribution in [-0.4, -0.2) is 10.5 Å². The van der Waals surface area contributed by atoms with Gasteiger partial charge in [-0.15, -0.1) is 11.3 Å². The van der Waals surface area contributed by atoms with Gasteiger partial charge in [0.25, 0.3) is 0 Å². The molecule has 5 heteroatoms. The maximum atomic E-state index is 5.87. The second-order valence-electron chi connectivity index (χ2n) is 4.85. The van der Waals surface area contributed by atoms with Gasteiger partial charge < -0.3 is 9.73 Å². The maximum absolute atomic E-state index is 5.87. The normalized spacial score (nSPS) is 12.0. The van der Waals surface area contributed by atoms with E-state index in [1.165, 1.54) is 11.3 Å². The minimum Gasteiger partial charge on any atom is -0.444 e. The summed E-state index contributed by atoms with van der Waals surface area (Å²) in [6, 6.07) is 3.76. The van der Waals surface area contributed by atoms with Crippen molar-refractivity contribution < 1.29 is 4.42 Å². The van der Waals surface area contributed by atoms with Gasteiger partial charge in [0.2, 0.25) is 5.89 Å². The number of nitrogens with zero attached hydrogens (tertiary/aromatic N) is 1. The van der Waals surface area contributed by atoms with Gasteiger partial charge in [-0.25, -0.2) is 4.98 Å². The Balaban J connectivity index is 2.06. The molecule has 0 atom stereocenters. The van der Waals surface area contributed by atoms with Gasteiger partial charge >= 0.3 is 0 Å². The van der Waals surface area contributed by atoms with Gasteiger partial charge in [-0.05, 0) is 32.9 Å². The Morgan fingerprint density at radius 2 is 2.18 bits per heavy atom. The summed E-state index contributed by atoms with van der Waals surface area (Å²) in [5.41, 5.74) is 0.977. The van der Waals surface area contributed by atoms with Gasteiger partial charge in [0.15, 0.2) is 0 Å². The number of rotatable bonds is 3. The van der Waals surface area contributed by atoms with Gasteiger partial charge in [-0.3, -0.25) is 0 Å². The quantitative estimate of drug-likeness (QED) is 0.918. The third-order valence-corrected chi connectivity index (χ3v) is 3.35. The highest BCUT2D eigenvalue weighted by molar-refractivity contribution is 7.19. The Kier molecular flexibility index (Phi) is 3.56. The minimum absolute atomic E-state index is 0.0748. The van der Waals surface area contributed by atoms with Gasteiger partial charge in [0.1, 0.15) is 6.26 Å². The van der Waals surface area contributed by atoms with Crippen molar-refractivity contribution in [3.8, 4) is 10.8 Å². The van der Waals surface area contributed by atoms with E-state index in [1.54, 1.807) is 6.26 Å². The zero-order chi connectivity index (χ0) is 12.5. The van der Waals surface area contributed by atoms with Gasteiger partial charge in [0.05, 0.1) is 14.9 Å². The van der Waals surface area contributed by atoms with Crippen LogP contribution in [0.15, 0.2) is 22.8 Å². The molecular weight excluding hydrogens is 256 g/mol. The van der Waals surface area contributed by atoms with Crippen LogP contribution in [0.1, 0.15) is 26.5 Å². The Labute approximate surface area is 110 Å². The van der Waals surface area contributed by atoms with Crippen molar-refractivity contribution in [2.24, 2.45) is 0 Å². The molecule has 0 fully saturated rings. The number of nitrogens with one attached hydrogen (secondary N) is 1. The first-order valence-corrected chi connectivity index (χ1v) is 6.59. The van der Waals surface area contributed by atoms with E-state index in [2.05, 4.69) is 31.1 Å². The highest BCUT2D eigenvalue weighted by atomic mass is 35.5. The molecule has 0 unspecified atom stereocenters. The van der Waals surface area contributed by atoms with Crippen LogP contribution in [0.25, 0.3) is 10.8 Å². The lowest BCUT2D eigenvalue weighted by molar-refractivity contribution is 0.421. The van der Waals surface area contributed by atoms with E-state index in [1.807, 2.05) is 12.1 Å². The molecule has 0 aliphatic rings. The lowest BCUT2D eigenvalue weighted by Crippen LogP contribution is -2.35. The summed E-state index contributed by atoms with van der Waals surface area (Å²) in [7, 11) is 0. The van der Waals surface area contributed by atoms with Crippen LogP contribution in [0.3, 0.4) is 0 Å². The first-order valence-electron chi connectivity index (χ1n) is 5.39. The van der Waals surface area contributed by atoms with Crippen LogP contribution >= 0.6 is 22.9 Å². The van der Waals surface area contributed by atoms with E-state index in [9.17, 15) is 0 Å². The summed E-state index contributed by atoms with van der Waals surface area (Å²) >= 11 is 7.34. The second kappa shape index (κ2) is 4.80. The molecule has 3 nitrogen and oxygen atoms in total. The smallest absolute Gasteiger partial charge is 0.236 e. The van der Waals surface area contributed by atoms with E-state index in [0.717, 1.165) is 14.9 Å². The first-order chi connectivity index (χ1) is 7.94. The molecule has 92 valence electrons. The number of hydrogen-bond donors (Lipinski definition) is 1. The third-order valence-electron chi connectivity index (χ3n) is 2.14. The van der Waals surface area contributed by atoms with Crippen molar-refractivity contribution in [2.75, 3.05) is 0 Å². The fourth-order valence-electron chi connectivity index (χ4n) is 1.29. The average molecular weight is 271 g/mol. The average Bonchev–Trinajstić information content (AvgIpc) is 2.81. The Morgan fingerprint density at radius 1 is 1.41 bits per heavy atom. The summed E-state index contributed by atoms with van der Waals surface area (Å²) < 4.78 is 6.17. The molecule has 1 N–H and O–H groups in total. The number of thiophene rings is 1. The molecule has 0 saturated heterocycles. The zero-order valence-corrected chi connectivity index (χ0v) is 11.7. The topological polar surface area (TPSA) is 38.1 Å². The lowest BCUT2D eigenvalue weighted by Gasteiger charge is -2.19. The molecule has 17 heavy (non-hydrogen) atoms. The maximum Gasteiger partial charge on any atom is 0.236 e. The molecule has 2 aromatic heterocycles. The molecule has 2 rings (SSSR count). The number of oxazole rings is 1. The molecule has 0 aromatic carbocycles. The fraction of sp³-hybridized carbons (Fsp3) is 0.417. The van der Waals surface area contributed by atoms with E-state index in [0.29, 0.717) is 12.4 Å². The summed E-state index contributed by atoms with van der Waals surface area (Å²) in [5, 5.41) is 3.36. The second-order valence-corrected chi connectivity index (χ2v) is 6.57. The van der Waals surface area contributed by atoms with E-state index < -0.39 is 0 Å². The van der Waals surface area contributed by atoms with Crippen LogP contribution < -0.4 is 5.32 Å². The Morgan fingerprint density at radius 3 is 2.76 bits per heavy atom. The summed E-state index contributed by atoms with van der Waals surface area (Å²) in [6.45, 7) is 7.05. The van der Waals surface area contributed by atoms with Crippen LogP contribution in [-0.2, 0) is 6.54 Å². The van der Waals surface area contributed by atoms with Gasteiger partial charge in [0, 0.05) is 12.1 Å². The number of halogens is 1. The number of aromatic nitrogens is 1. The van der Waals surface area contributed by atoms with Crippen LogP contribution in [0.5, 0.6) is 0 Å². The standard InChI is InChI=1S/C12H15ClN2OS/c1-12(2,3)14-6-8-7-16-11(15-8)9-4-5-10(13)17-9/h4-5,7,14H,6H2,1-3H3. The van der Waals surface area contributed by atoms with Crippen LogP contribution in [0.4, 0.5) is 0 Å². The predicted octanol–water partition coefficient (Wildman–Crippen LogP) is 3.94. The fourth-order valence-corrected chi connectivity index (χ4v) is 2.26. The summed E-state index contributed by atoms with van der Waals surface area (Å²) in [6.07, 6.45) is 1.68. The van der Waals surface area contributed by atoms with Crippen molar-refractivity contribution in [1.29, 1.82) is 0 Å². The molecule has 0 radical (unpaired) electrons. The summed E-state index contributed by atoms with van der Waals surface area (Å²) in [5.74, 6) is 0.632. The van der Waals surface area contributed by atoms with Gasteiger partial charge in [-0.2, -0.15) is 0 Å². The predicted molar refractivity (Wildman–Crippen MR) is 71.4 cm³/mol. The SMILES string of the molecule is CC(C)(C)NCc1coc(-c2ccc(Cl)s2)n1. The highest BCUT2D eigenvalue weighted by Gasteiger charge is 2.12. The molecule has 0 aliphatic carbocycles. The zero-order valence-electron chi connectivity index (χ0n) is 10.1. The first kappa shape index (κ1) is 12.6. The van der Waals surface area contributed by atoms with Crippen molar-refractivity contribution >= 4 is 22.9 Å². The molecule has 0 spiro atoms. The molecule has 0 bridgehead atoms. The van der Waals surface area contributed by atoms with Gasteiger partial charge in [-0.1, -0.05) is 11.6 Å².